The predicted molar refractivity (Wildman–Crippen MR) is 72.9 cm³/mol. The number of rotatable bonds is 3. The van der Waals surface area contributed by atoms with Crippen LogP contribution in [0, 0.1) is 40.9 Å². The average Bonchev–Trinajstić information content (AvgIpc) is 2.43. The van der Waals surface area contributed by atoms with Gasteiger partial charge >= 0.3 is 0 Å². The molecule has 0 bridgehead atoms. The first kappa shape index (κ1) is 14.6. The zero-order valence-corrected chi connectivity index (χ0v) is 11.9. The summed E-state index contributed by atoms with van der Waals surface area (Å²) in [7, 11) is 1.51. The SMILES string of the molecule is COc1c(NC(C#N)=C(C#N)C#N)ccc(Br)c1C. The molecule has 5 nitrogen and oxygen atoms in total. The molecule has 1 aromatic carbocycles. The van der Waals surface area contributed by atoms with Gasteiger partial charge in [-0.2, -0.15) is 15.8 Å². The fraction of sp³-hybridized carbons (Fsp3) is 0.154. The van der Waals surface area contributed by atoms with Gasteiger partial charge in [0, 0.05) is 10.0 Å². The van der Waals surface area contributed by atoms with E-state index in [1.807, 2.05) is 6.92 Å². The van der Waals surface area contributed by atoms with E-state index >= 15 is 0 Å². The molecule has 1 N–H and O–H groups in total. The first-order chi connectivity index (χ1) is 9.08. The monoisotopic (exact) mass is 316 g/mol. The maximum absolute atomic E-state index is 8.98. The maximum Gasteiger partial charge on any atom is 0.163 e. The van der Waals surface area contributed by atoms with Crippen LogP contribution in [0.25, 0.3) is 0 Å². The van der Waals surface area contributed by atoms with Crippen LogP contribution in [0.4, 0.5) is 5.69 Å². The van der Waals surface area contributed by atoms with Crippen LogP contribution in [-0.2, 0) is 0 Å². The van der Waals surface area contributed by atoms with Crippen molar-refractivity contribution in [2.75, 3.05) is 12.4 Å². The Kier molecular flexibility index (Phi) is 4.94. The Balaban J connectivity index is 3.33. The molecule has 6 heteroatoms. The number of nitrogens with one attached hydrogen (secondary N) is 1. The lowest BCUT2D eigenvalue weighted by Gasteiger charge is -2.13. The van der Waals surface area contributed by atoms with E-state index in [1.165, 1.54) is 7.11 Å². The Labute approximate surface area is 119 Å². The van der Waals surface area contributed by atoms with Gasteiger partial charge < -0.3 is 10.1 Å². The molecule has 0 amide bonds. The van der Waals surface area contributed by atoms with Gasteiger partial charge in [-0.25, -0.2) is 0 Å². The van der Waals surface area contributed by atoms with E-state index in [0.29, 0.717) is 11.4 Å². The molecule has 0 heterocycles. The molecule has 0 aliphatic carbocycles. The van der Waals surface area contributed by atoms with Gasteiger partial charge in [-0.3, -0.25) is 0 Å². The molecule has 1 aromatic rings. The lowest BCUT2D eigenvalue weighted by molar-refractivity contribution is 0.413. The average molecular weight is 317 g/mol. The number of nitrogens with zero attached hydrogens (tertiary/aromatic N) is 3. The van der Waals surface area contributed by atoms with Crippen molar-refractivity contribution in [3.63, 3.8) is 0 Å². The molecular formula is C13H9BrN4O. The second-order valence-electron chi connectivity index (χ2n) is 3.46. The minimum atomic E-state index is -0.273. The second kappa shape index (κ2) is 6.44. The van der Waals surface area contributed by atoms with Crippen LogP contribution in [0.1, 0.15) is 5.56 Å². The van der Waals surface area contributed by atoms with E-state index in [0.717, 1.165) is 10.0 Å². The van der Waals surface area contributed by atoms with Crippen molar-refractivity contribution in [2.24, 2.45) is 0 Å². The summed E-state index contributed by atoms with van der Waals surface area (Å²) in [6, 6.07) is 8.61. The van der Waals surface area contributed by atoms with E-state index in [4.69, 9.17) is 20.5 Å². The summed E-state index contributed by atoms with van der Waals surface area (Å²) in [5, 5.41) is 29.3. The number of nitriles is 3. The third-order valence-electron chi connectivity index (χ3n) is 2.39. The van der Waals surface area contributed by atoms with E-state index in [1.54, 1.807) is 30.3 Å². The number of hydrogen-bond acceptors (Lipinski definition) is 5. The van der Waals surface area contributed by atoms with Crippen molar-refractivity contribution in [2.45, 2.75) is 6.92 Å². The molecule has 0 aliphatic rings. The summed E-state index contributed by atoms with van der Waals surface area (Å²) in [5.74, 6) is 0.539. The Morgan fingerprint density at radius 2 is 1.84 bits per heavy atom. The molecule has 0 atom stereocenters. The number of hydrogen-bond donors (Lipinski definition) is 1. The number of allylic oxidation sites excluding steroid dienone is 2. The summed E-state index contributed by atoms with van der Waals surface area (Å²) in [6.45, 7) is 1.85. The molecule has 0 aromatic heterocycles. The molecule has 0 fully saturated rings. The molecule has 0 saturated heterocycles. The van der Waals surface area contributed by atoms with Gasteiger partial charge in [0.25, 0.3) is 0 Å². The highest BCUT2D eigenvalue weighted by molar-refractivity contribution is 9.10. The van der Waals surface area contributed by atoms with Crippen molar-refractivity contribution in [3.8, 4) is 24.0 Å². The van der Waals surface area contributed by atoms with E-state index in [2.05, 4.69) is 21.2 Å². The van der Waals surface area contributed by atoms with Crippen molar-refractivity contribution >= 4 is 21.6 Å². The zero-order chi connectivity index (χ0) is 14.4. The van der Waals surface area contributed by atoms with Crippen LogP contribution in [0.2, 0.25) is 0 Å². The molecule has 0 unspecified atom stereocenters. The maximum atomic E-state index is 8.98. The zero-order valence-electron chi connectivity index (χ0n) is 10.3. The molecule has 1 rings (SSSR count). The fourth-order valence-electron chi connectivity index (χ4n) is 1.45. The molecule has 0 spiro atoms. The molecule has 19 heavy (non-hydrogen) atoms. The van der Waals surface area contributed by atoms with Crippen molar-refractivity contribution in [1.82, 2.24) is 0 Å². The third kappa shape index (κ3) is 3.04. The number of anilines is 1. The Hall–Kier alpha value is -2.49. The molecule has 0 saturated carbocycles. The van der Waals surface area contributed by atoms with Gasteiger partial charge in [0.1, 0.15) is 29.7 Å². The van der Waals surface area contributed by atoms with Crippen molar-refractivity contribution in [1.29, 1.82) is 15.8 Å². The van der Waals surface area contributed by atoms with Gasteiger partial charge in [-0.15, -0.1) is 0 Å². The second-order valence-corrected chi connectivity index (χ2v) is 4.32. The quantitative estimate of drug-likeness (QED) is 0.865. The smallest absolute Gasteiger partial charge is 0.163 e. The van der Waals surface area contributed by atoms with Crippen LogP contribution in [0.3, 0.4) is 0 Å². The highest BCUT2D eigenvalue weighted by Gasteiger charge is 2.12. The van der Waals surface area contributed by atoms with Crippen molar-refractivity contribution < 1.29 is 4.74 Å². The standard InChI is InChI=1S/C13H9BrN4O/c1-8-10(14)3-4-11(13(8)19-2)18-12(7-17)9(5-15)6-16/h3-4,18H,1-2H3. The van der Waals surface area contributed by atoms with Gasteiger partial charge in [-0.05, 0) is 19.1 Å². The highest BCUT2D eigenvalue weighted by atomic mass is 79.9. The lowest BCUT2D eigenvalue weighted by Crippen LogP contribution is -2.03. The van der Waals surface area contributed by atoms with Crippen molar-refractivity contribution in [3.05, 3.63) is 33.4 Å². The summed E-state index contributed by atoms with van der Waals surface area (Å²) in [4.78, 5) is 0. The number of methoxy groups -OCH3 is 1. The largest absolute Gasteiger partial charge is 0.494 e. The predicted octanol–water partition coefficient (Wildman–Crippen LogP) is 3.00. The van der Waals surface area contributed by atoms with Crippen LogP contribution in [-0.4, -0.2) is 7.11 Å². The number of halogens is 1. The van der Waals surface area contributed by atoms with Gasteiger partial charge in [0.15, 0.2) is 5.57 Å². The Morgan fingerprint density at radius 1 is 1.21 bits per heavy atom. The minimum absolute atomic E-state index is 0.106. The Bertz CT molecular complexity index is 643. The van der Waals surface area contributed by atoms with Gasteiger partial charge in [0.2, 0.25) is 0 Å². The molecule has 0 radical (unpaired) electrons. The van der Waals surface area contributed by atoms with Gasteiger partial charge in [-0.1, -0.05) is 15.9 Å². The number of ether oxygens (including phenoxy) is 1. The van der Waals surface area contributed by atoms with E-state index < -0.39 is 0 Å². The first-order valence-corrected chi connectivity index (χ1v) is 5.93. The molecular weight excluding hydrogens is 308 g/mol. The highest BCUT2D eigenvalue weighted by Crippen LogP contribution is 2.34. The Morgan fingerprint density at radius 3 is 2.32 bits per heavy atom. The van der Waals surface area contributed by atoms with E-state index in [-0.39, 0.29) is 11.3 Å². The molecule has 0 aliphatic heterocycles. The first-order valence-electron chi connectivity index (χ1n) is 5.13. The van der Waals surface area contributed by atoms with E-state index in [9.17, 15) is 0 Å². The van der Waals surface area contributed by atoms with Crippen LogP contribution < -0.4 is 10.1 Å². The summed E-state index contributed by atoms with van der Waals surface area (Å²) in [6.07, 6.45) is 0. The minimum Gasteiger partial charge on any atom is -0.494 e. The normalized spacial score (nSPS) is 8.63. The summed E-state index contributed by atoms with van der Waals surface area (Å²) < 4.78 is 6.12. The van der Waals surface area contributed by atoms with Gasteiger partial charge in [0.05, 0.1) is 12.8 Å². The fourth-order valence-corrected chi connectivity index (χ4v) is 1.76. The topological polar surface area (TPSA) is 92.6 Å². The number of benzene rings is 1. The van der Waals surface area contributed by atoms with Crippen LogP contribution in [0.15, 0.2) is 27.9 Å². The summed E-state index contributed by atoms with van der Waals surface area (Å²) >= 11 is 3.37. The van der Waals surface area contributed by atoms with Crippen LogP contribution in [0.5, 0.6) is 5.75 Å². The third-order valence-corrected chi connectivity index (χ3v) is 3.25. The molecule has 94 valence electrons. The summed E-state index contributed by atoms with van der Waals surface area (Å²) in [5.41, 5.74) is 0.984. The lowest BCUT2D eigenvalue weighted by atomic mass is 10.1. The van der Waals surface area contributed by atoms with Crippen LogP contribution >= 0.6 is 15.9 Å².